The highest BCUT2D eigenvalue weighted by atomic mass is 32.2. The van der Waals surface area contributed by atoms with Crippen LogP contribution in [0.5, 0.6) is 0 Å². The molecule has 0 radical (unpaired) electrons. The van der Waals surface area contributed by atoms with E-state index in [2.05, 4.69) is 10.3 Å². The number of anilines is 1. The summed E-state index contributed by atoms with van der Waals surface area (Å²) in [5.41, 5.74) is -0.139. The fourth-order valence-electron chi connectivity index (χ4n) is 2.76. The Morgan fingerprint density at radius 3 is 2.74 bits per heavy atom. The number of thioether (sulfide) groups is 1. The molecule has 0 spiro atoms. The van der Waals surface area contributed by atoms with E-state index in [4.69, 9.17) is 0 Å². The van der Waals surface area contributed by atoms with Crippen LogP contribution in [0.4, 0.5) is 18.9 Å². The first-order valence-corrected chi connectivity index (χ1v) is 8.96. The number of carbonyl (C=O) groups is 2. The van der Waals surface area contributed by atoms with E-state index in [9.17, 15) is 22.8 Å². The summed E-state index contributed by atoms with van der Waals surface area (Å²) in [6.07, 6.45) is -3.03. The molecule has 2 heterocycles. The first kappa shape index (κ1) is 19.2. The minimum atomic E-state index is -4.49. The molecule has 2 aromatic rings. The zero-order chi connectivity index (χ0) is 19.6. The summed E-state index contributed by atoms with van der Waals surface area (Å²) >= 11 is 1.18. The molecule has 0 saturated carbocycles. The number of pyridine rings is 1. The van der Waals surface area contributed by atoms with Crippen molar-refractivity contribution in [3.8, 4) is 0 Å². The number of rotatable bonds is 4. The number of benzene rings is 1. The van der Waals surface area contributed by atoms with E-state index in [1.807, 2.05) is 0 Å². The van der Waals surface area contributed by atoms with E-state index in [1.54, 1.807) is 25.4 Å². The van der Waals surface area contributed by atoms with Gasteiger partial charge in [0.25, 0.3) is 0 Å². The molecule has 9 heteroatoms. The van der Waals surface area contributed by atoms with Crippen molar-refractivity contribution in [2.75, 3.05) is 11.9 Å². The molecular weight excluding hydrogens is 379 g/mol. The quantitative estimate of drug-likeness (QED) is 0.863. The molecule has 1 aromatic carbocycles. The van der Waals surface area contributed by atoms with Crippen LogP contribution in [0.3, 0.4) is 0 Å². The van der Waals surface area contributed by atoms with E-state index < -0.39 is 22.9 Å². The fraction of sp³-hybridized carbons (Fsp3) is 0.278. The molecule has 27 heavy (non-hydrogen) atoms. The predicted molar refractivity (Wildman–Crippen MR) is 95.2 cm³/mol. The van der Waals surface area contributed by atoms with Gasteiger partial charge in [0.05, 0.1) is 16.5 Å². The summed E-state index contributed by atoms with van der Waals surface area (Å²) in [6, 6.07) is 8.55. The number of nitrogens with one attached hydrogen (secondary N) is 1. The minimum Gasteiger partial charge on any atom is -0.352 e. The van der Waals surface area contributed by atoms with E-state index in [1.165, 1.54) is 34.9 Å². The Balaban J connectivity index is 1.65. The molecule has 1 aliphatic heterocycles. The molecule has 0 bridgehead atoms. The molecule has 2 amide bonds. The molecule has 5 nitrogen and oxygen atoms in total. The SMILES string of the molecule is CN1C(=O)C(CC(=O)NCc2ccccc2C(F)(F)F)Sc2ncccc21. The topological polar surface area (TPSA) is 62.3 Å². The highest BCUT2D eigenvalue weighted by molar-refractivity contribution is 8.00. The summed E-state index contributed by atoms with van der Waals surface area (Å²) in [5.74, 6) is -0.739. The highest BCUT2D eigenvalue weighted by Gasteiger charge is 2.35. The highest BCUT2D eigenvalue weighted by Crippen LogP contribution is 2.38. The van der Waals surface area contributed by atoms with Crippen LogP contribution in [0.2, 0.25) is 0 Å². The predicted octanol–water partition coefficient (Wildman–Crippen LogP) is 3.24. The number of fused-ring (bicyclic) bond motifs is 1. The van der Waals surface area contributed by atoms with Crippen LogP contribution < -0.4 is 10.2 Å². The maximum Gasteiger partial charge on any atom is 0.416 e. The van der Waals surface area contributed by atoms with Gasteiger partial charge in [0.2, 0.25) is 11.8 Å². The summed E-state index contributed by atoms with van der Waals surface area (Å²) in [4.78, 5) is 30.3. The average Bonchev–Trinajstić information content (AvgIpc) is 2.64. The zero-order valence-corrected chi connectivity index (χ0v) is 15.1. The molecule has 0 saturated heterocycles. The Labute approximate surface area is 158 Å². The fourth-order valence-corrected chi connectivity index (χ4v) is 3.97. The van der Waals surface area contributed by atoms with Gasteiger partial charge < -0.3 is 10.2 Å². The largest absolute Gasteiger partial charge is 0.416 e. The van der Waals surface area contributed by atoms with Gasteiger partial charge in [0, 0.05) is 26.2 Å². The van der Waals surface area contributed by atoms with Crippen molar-refractivity contribution >= 4 is 29.3 Å². The molecule has 3 rings (SSSR count). The summed E-state index contributed by atoms with van der Waals surface area (Å²) in [6.45, 7) is -0.259. The Hall–Kier alpha value is -2.55. The smallest absolute Gasteiger partial charge is 0.352 e. The molecule has 1 aromatic heterocycles. The number of aromatic nitrogens is 1. The molecule has 1 atom stereocenters. The molecule has 0 fully saturated rings. The molecule has 142 valence electrons. The summed E-state index contributed by atoms with van der Waals surface area (Å²) in [7, 11) is 1.60. The van der Waals surface area contributed by atoms with Crippen LogP contribution in [0.15, 0.2) is 47.6 Å². The van der Waals surface area contributed by atoms with Crippen molar-refractivity contribution in [2.45, 2.75) is 29.4 Å². The van der Waals surface area contributed by atoms with Crippen molar-refractivity contribution < 1.29 is 22.8 Å². The number of hydrogen-bond donors (Lipinski definition) is 1. The Morgan fingerprint density at radius 2 is 2.00 bits per heavy atom. The van der Waals surface area contributed by atoms with Gasteiger partial charge in [0.1, 0.15) is 5.03 Å². The standard InChI is InChI=1S/C18H16F3N3O2S/c1-24-13-7-4-8-22-16(13)27-14(17(24)26)9-15(25)23-10-11-5-2-3-6-12(11)18(19,20)21/h2-8,14H,9-10H2,1H3,(H,23,25). The number of carbonyl (C=O) groups excluding carboxylic acids is 2. The molecule has 1 N–H and O–H groups in total. The molecular formula is C18H16F3N3O2S. The molecule has 1 aliphatic rings. The van der Waals surface area contributed by atoms with Crippen molar-refractivity contribution in [3.05, 3.63) is 53.7 Å². The van der Waals surface area contributed by atoms with Crippen LogP contribution in [0.1, 0.15) is 17.5 Å². The van der Waals surface area contributed by atoms with Crippen molar-refractivity contribution in [2.24, 2.45) is 0 Å². The van der Waals surface area contributed by atoms with Gasteiger partial charge in [-0.15, -0.1) is 0 Å². The first-order valence-electron chi connectivity index (χ1n) is 8.08. The molecule has 1 unspecified atom stereocenters. The minimum absolute atomic E-state index is 0.0231. The van der Waals surface area contributed by atoms with E-state index in [-0.39, 0.29) is 24.4 Å². The van der Waals surface area contributed by atoms with Crippen LogP contribution in [-0.4, -0.2) is 29.1 Å². The third-order valence-electron chi connectivity index (χ3n) is 4.14. The van der Waals surface area contributed by atoms with Gasteiger partial charge in [-0.05, 0) is 23.8 Å². The number of nitrogens with zero attached hydrogens (tertiary/aromatic N) is 2. The third kappa shape index (κ3) is 4.24. The third-order valence-corrected chi connectivity index (χ3v) is 5.33. The first-order chi connectivity index (χ1) is 12.8. The Kier molecular flexibility index (Phi) is 5.41. The lowest BCUT2D eigenvalue weighted by Gasteiger charge is -2.29. The van der Waals surface area contributed by atoms with Gasteiger partial charge in [-0.1, -0.05) is 30.0 Å². The van der Waals surface area contributed by atoms with E-state index >= 15 is 0 Å². The second-order valence-electron chi connectivity index (χ2n) is 5.97. The van der Waals surface area contributed by atoms with Gasteiger partial charge >= 0.3 is 6.18 Å². The Morgan fingerprint density at radius 1 is 1.26 bits per heavy atom. The lowest BCUT2D eigenvalue weighted by Crippen LogP contribution is -2.41. The zero-order valence-electron chi connectivity index (χ0n) is 14.3. The summed E-state index contributed by atoms with van der Waals surface area (Å²) < 4.78 is 39.0. The van der Waals surface area contributed by atoms with Crippen molar-refractivity contribution in [1.82, 2.24) is 10.3 Å². The second kappa shape index (κ2) is 7.59. The van der Waals surface area contributed by atoms with E-state index in [0.29, 0.717) is 10.7 Å². The lowest BCUT2D eigenvalue weighted by molar-refractivity contribution is -0.138. The average molecular weight is 395 g/mol. The van der Waals surface area contributed by atoms with Crippen LogP contribution in [-0.2, 0) is 22.3 Å². The molecule has 0 aliphatic carbocycles. The van der Waals surface area contributed by atoms with E-state index in [0.717, 1.165) is 6.07 Å². The van der Waals surface area contributed by atoms with Crippen LogP contribution >= 0.6 is 11.8 Å². The maximum absolute atomic E-state index is 13.0. The van der Waals surface area contributed by atoms with Crippen LogP contribution in [0, 0.1) is 0 Å². The van der Waals surface area contributed by atoms with Gasteiger partial charge in [0.15, 0.2) is 0 Å². The number of amides is 2. The Bertz CT molecular complexity index is 873. The number of hydrogen-bond acceptors (Lipinski definition) is 4. The van der Waals surface area contributed by atoms with Gasteiger partial charge in [-0.3, -0.25) is 9.59 Å². The van der Waals surface area contributed by atoms with Crippen LogP contribution in [0.25, 0.3) is 0 Å². The number of alkyl halides is 3. The monoisotopic (exact) mass is 395 g/mol. The summed E-state index contributed by atoms with van der Waals surface area (Å²) in [5, 5.41) is 2.44. The normalized spacial score (nSPS) is 16.8. The second-order valence-corrected chi connectivity index (χ2v) is 7.16. The number of halogens is 3. The van der Waals surface area contributed by atoms with Crippen molar-refractivity contribution in [1.29, 1.82) is 0 Å². The maximum atomic E-state index is 13.0. The lowest BCUT2D eigenvalue weighted by atomic mass is 10.1. The van der Waals surface area contributed by atoms with Gasteiger partial charge in [-0.25, -0.2) is 4.98 Å². The van der Waals surface area contributed by atoms with Crippen molar-refractivity contribution in [3.63, 3.8) is 0 Å². The van der Waals surface area contributed by atoms with Gasteiger partial charge in [-0.2, -0.15) is 13.2 Å².